The van der Waals surface area contributed by atoms with Crippen molar-refractivity contribution in [2.45, 2.75) is 5.41 Å². The van der Waals surface area contributed by atoms with Crippen LogP contribution in [0.25, 0.3) is 56.2 Å². The Bertz CT molecular complexity index is 2510. The molecule has 7 aromatic carbocycles. The van der Waals surface area contributed by atoms with Crippen LogP contribution in [0.1, 0.15) is 22.3 Å². The van der Waals surface area contributed by atoms with Crippen molar-refractivity contribution in [1.29, 1.82) is 0 Å². The Hall–Kier alpha value is -6.78. The first kappa shape index (κ1) is 29.2. The van der Waals surface area contributed by atoms with E-state index in [9.17, 15) is 0 Å². The van der Waals surface area contributed by atoms with Crippen molar-refractivity contribution in [3.63, 3.8) is 0 Å². The lowest BCUT2D eigenvalue weighted by atomic mass is 9.65. The standard InChI is InChI=1S/C47H31N3O/c48-41-24-12-23-40-45(41)51-44-34(19-11-22-39(44)47(40)37-20-9-7-17-35(37)36-18-8-10-21-38(36)47)30-25-27-33(28-26-30)46-49-42(31-13-3-1-4-14-31)29-43(50-46)32-15-5-2-6-16-32/h1-29H,48H2. The number of hydrogen-bond donors (Lipinski definition) is 1. The molecule has 240 valence electrons. The van der Waals surface area contributed by atoms with Crippen LogP contribution in [-0.4, -0.2) is 9.97 Å². The van der Waals surface area contributed by atoms with Gasteiger partial charge in [-0.1, -0.05) is 164 Å². The highest BCUT2D eigenvalue weighted by atomic mass is 16.5. The summed E-state index contributed by atoms with van der Waals surface area (Å²) in [5.41, 5.74) is 20.7. The van der Waals surface area contributed by atoms with Gasteiger partial charge in [0.2, 0.25) is 0 Å². The first-order chi connectivity index (χ1) is 25.2. The van der Waals surface area contributed by atoms with E-state index in [2.05, 4.69) is 127 Å². The summed E-state index contributed by atoms with van der Waals surface area (Å²) in [5, 5.41) is 0. The highest BCUT2D eigenvalue weighted by Crippen LogP contribution is 2.63. The van der Waals surface area contributed by atoms with E-state index in [1.165, 1.54) is 22.3 Å². The number of nitrogens with two attached hydrogens (primary N) is 1. The molecule has 8 aromatic rings. The number of nitrogen functional groups attached to an aromatic ring is 1. The minimum atomic E-state index is -0.582. The topological polar surface area (TPSA) is 61.0 Å². The fourth-order valence-corrected chi connectivity index (χ4v) is 8.09. The zero-order valence-corrected chi connectivity index (χ0v) is 27.6. The van der Waals surface area contributed by atoms with Crippen LogP contribution in [-0.2, 0) is 5.41 Å². The smallest absolute Gasteiger partial charge is 0.160 e. The van der Waals surface area contributed by atoms with Crippen LogP contribution in [0.5, 0.6) is 11.5 Å². The van der Waals surface area contributed by atoms with Gasteiger partial charge in [0.25, 0.3) is 0 Å². The monoisotopic (exact) mass is 653 g/mol. The van der Waals surface area contributed by atoms with Crippen LogP contribution < -0.4 is 10.5 Å². The van der Waals surface area contributed by atoms with Gasteiger partial charge in [0.05, 0.1) is 22.5 Å². The molecule has 0 fully saturated rings. The molecule has 0 amide bonds. The minimum absolute atomic E-state index is 0.582. The van der Waals surface area contributed by atoms with E-state index < -0.39 is 5.41 Å². The fourth-order valence-electron chi connectivity index (χ4n) is 8.09. The lowest BCUT2D eigenvalue weighted by Gasteiger charge is -2.40. The largest absolute Gasteiger partial charge is 0.454 e. The van der Waals surface area contributed by atoms with E-state index in [4.69, 9.17) is 20.4 Å². The van der Waals surface area contributed by atoms with Gasteiger partial charge in [-0.05, 0) is 39.9 Å². The van der Waals surface area contributed by atoms with Gasteiger partial charge in [0.15, 0.2) is 11.6 Å². The van der Waals surface area contributed by atoms with Gasteiger partial charge in [-0.25, -0.2) is 9.97 Å². The quantitative estimate of drug-likeness (QED) is 0.192. The highest BCUT2D eigenvalue weighted by Gasteiger charge is 2.51. The van der Waals surface area contributed by atoms with Crippen molar-refractivity contribution in [3.05, 3.63) is 198 Å². The van der Waals surface area contributed by atoms with Crippen molar-refractivity contribution in [3.8, 4) is 67.7 Å². The van der Waals surface area contributed by atoms with Crippen molar-refractivity contribution < 1.29 is 4.74 Å². The molecule has 0 radical (unpaired) electrons. The van der Waals surface area contributed by atoms with E-state index in [1.807, 2.05) is 48.5 Å². The molecule has 10 rings (SSSR count). The van der Waals surface area contributed by atoms with E-state index in [0.717, 1.165) is 56.1 Å². The molecular weight excluding hydrogens is 623 g/mol. The molecule has 2 heterocycles. The summed E-state index contributed by atoms with van der Waals surface area (Å²) in [7, 11) is 0. The molecule has 1 spiro atoms. The molecular formula is C47H31N3O. The fraction of sp³-hybridized carbons (Fsp3) is 0.0213. The average molecular weight is 654 g/mol. The van der Waals surface area contributed by atoms with Crippen LogP contribution in [0, 0.1) is 0 Å². The Morgan fingerprint density at radius 3 is 1.47 bits per heavy atom. The van der Waals surface area contributed by atoms with Crippen molar-refractivity contribution in [2.75, 3.05) is 5.73 Å². The number of nitrogens with zero attached hydrogens (tertiary/aromatic N) is 2. The molecule has 1 aliphatic heterocycles. The highest BCUT2D eigenvalue weighted by molar-refractivity contribution is 5.91. The van der Waals surface area contributed by atoms with Crippen molar-refractivity contribution in [2.24, 2.45) is 0 Å². The number of rotatable bonds is 4. The molecule has 4 heteroatoms. The molecule has 0 bridgehead atoms. The lowest BCUT2D eigenvalue weighted by Crippen LogP contribution is -2.32. The maximum Gasteiger partial charge on any atom is 0.160 e. The third-order valence-electron chi connectivity index (χ3n) is 10.3. The van der Waals surface area contributed by atoms with Gasteiger partial charge in [-0.15, -0.1) is 0 Å². The Labute approximate surface area is 296 Å². The minimum Gasteiger partial charge on any atom is -0.454 e. The number of benzene rings is 7. The van der Waals surface area contributed by atoms with Crippen LogP contribution in [0.15, 0.2) is 176 Å². The summed E-state index contributed by atoms with van der Waals surface area (Å²) < 4.78 is 6.91. The summed E-state index contributed by atoms with van der Waals surface area (Å²) in [6.45, 7) is 0. The Morgan fingerprint density at radius 1 is 0.392 bits per heavy atom. The molecule has 0 saturated carbocycles. The molecule has 1 aromatic heterocycles. The summed E-state index contributed by atoms with van der Waals surface area (Å²) >= 11 is 0. The maximum absolute atomic E-state index is 6.91. The molecule has 4 nitrogen and oxygen atoms in total. The number of para-hydroxylation sites is 2. The van der Waals surface area contributed by atoms with Crippen molar-refractivity contribution >= 4 is 5.69 Å². The Kier molecular flexibility index (Phi) is 6.52. The first-order valence-electron chi connectivity index (χ1n) is 17.2. The van der Waals surface area contributed by atoms with Gasteiger partial charge in [-0.2, -0.15) is 0 Å². The molecule has 1 aliphatic carbocycles. The zero-order valence-electron chi connectivity index (χ0n) is 27.6. The number of ether oxygens (including phenoxy) is 1. The SMILES string of the molecule is Nc1cccc2c1Oc1c(-c3ccc(-c4nc(-c5ccccc5)cc(-c5ccccc5)n4)cc3)cccc1C21c2ccccc2-c2ccccc21. The van der Waals surface area contributed by atoms with Crippen LogP contribution in [0.3, 0.4) is 0 Å². The van der Waals surface area contributed by atoms with Gasteiger partial charge in [0, 0.05) is 33.4 Å². The number of anilines is 1. The van der Waals surface area contributed by atoms with E-state index in [0.29, 0.717) is 17.3 Å². The number of hydrogen-bond acceptors (Lipinski definition) is 4. The van der Waals surface area contributed by atoms with Crippen LogP contribution >= 0.6 is 0 Å². The number of fused-ring (bicyclic) bond motifs is 9. The van der Waals surface area contributed by atoms with E-state index in [1.54, 1.807) is 0 Å². The molecule has 0 unspecified atom stereocenters. The predicted molar refractivity (Wildman–Crippen MR) is 206 cm³/mol. The normalized spacial score (nSPS) is 13.1. The molecule has 51 heavy (non-hydrogen) atoms. The third-order valence-corrected chi connectivity index (χ3v) is 10.3. The number of aromatic nitrogens is 2. The van der Waals surface area contributed by atoms with Crippen LogP contribution in [0.2, 0.25) is 0 Å². The molecule has 2 N–H and O–H groups in total. The first-order valence-corrected chi connectivity index (χ1v) is 17.2. The van der Waals surface area contributed by atoms with Gasteiger partial charge < -0.3 is 10.5 Å². The molecule has 0 saturated heterocycles. The second kappa shape index (κ2) is 11.4. The van der Waals surface area contributed by atoms with Gasteiger partial charge in [-0.3, -0.25) is 0 Å². The van der Waals surface area contributed by atoms with E-state index >= 15 is 0 Å². The molecule has 2 aliphatic rings. The summed E-state index contributed by atoms with van der Waals surface area (Å²) in [6, 6.07) is 61.2. The Morgan fingerprint density at radius 2 is 0.863 bits per heavy atom. The lowest BCUT2D eigenvalue weighted by molar-refractivity contribution is 0.440. The van der Waals surface area contributed by atoms with Crippen molar-refractivity contribution in [1.82, 2.24) is 9.97 Å². The zero-order chi connectivity index (χ0) is 33.9. The maximum atomic E-state index is 6.91. The summed E-state index contributed by atoms with van der Waals surface area (Å²) in [5.74, 6) is 2.20. The van der Waals surface area contributed by atoms with Gasteiger partial charge in [0.1, 0.15) is 5.75 Å². The van der Waals surface area contributed by atoms with E-state index in [-0.39, 0.29) is 0 Å². The second-order valence-electron chi connectivity index (χ2n) is 13.1. The molecule has 0 atom stereocenters. The Balaban J connectivity index is 1.14. The summed E-state index contributed by atoms with van der Waals surface area (Å²) in [4.78, 5) is 10.1. The van der Waals surface area contributed by atoms with Crippen LogP contribution in [0.4, 0.5) is 5.69 Å². The predicted octanol–water partition coefficient (Wildman–Crippen LogP) is 11.2. The average Bonchev–Trinajstić information content (AvgIpc) is 3.49. The summed E-state index contributed by atoms with van der Waals surface area (Å²) in [6.07, 6.45) is 0. The second-order valence-corrected chi connectivity index (χ2v) is 13.1. The third kappa shape index (κ3) is 4.40. The van der Waals surface area contributed by atoms with Gasteiger partial charge >= 0.3 is 0 Å².